The van der Waals surface area contributed by atoms with Crippen LogP contribution in [0.25, 0.3) is 0 Å². The molecule has 0 aliphatic carbocycles. The third-order valence-electron chi connectivity index (χ3n) is 3.32. The maximum Gasteiger partial charge on any atom is 0.381 e. The number of hydrogen-bond acceptors (Lipinski definition) is 4. The van der Waals surface area contributed by atoms with Gasteiger partial charge in [0.15, 0.2) is 0 Å². The third-order valence-corrected chi connectivity index (χ3v) is 3.32. The molecule has 0 radical (unpaired) electrons. The molecule has 2 rings (SSSR count). The molecule has 1 aromatic heterocycles. The minimum Gasteiger partial charge on any atom is -0.358 e. The number of carbonyl (C=O) groups excluding carboxylic acids is 1. The maximum absolute atomic E-state index is 12.2. The molecule has 1 N–H and O–H groups in total. The quantitative estimate of drug-likeness (QED) is 0.679. The molecule has 1 aromatic carbocycles. The van der Waals surface area contributed by atoms with Crippen molar-refractivity contribution in [1.82, 2.24) is 9.55 Å². The third kappa shape index (κ3) is 3.49. The first kappa shape index (κ1) is 15.7. The highest BCUT2D eigenvalue weighted by molar-refractivity contribution is 5.92. The van der Waals surface area contributed by atoms with Crippen LogP contribution in [-0.2, 0) is 11.3 Å². The average Bonchev–Trinajstić information content (AvgIpc) is 2.89. The molecule has 0 saturated carbocycles. The number of aromatic nitrogens is 2. The van der Waals surface area contributed by atoms with Crippen molar-refractivity contribution in [3.8, 4) is 0 Å². The van der Waals surface area contributed by atoms with E-state index >= 15 is 0 Å². The Bertz CT molecular complexity index is 707. The van der Waals surface area contributed by atoms with Crippen molar-refractivity contribution < 1.29 is 9.72 Å². The summed E-state index contributed by atoms with van der Waals surface area (Å²) in [6, 6.07) is 5.87. The van der Waals surface area contributed by atoms with E-state index in [1.165, 1.54) is 17.1 Å². The van der Waals surface area contributed by atoms with E-state index in [4.69, 9.17) is 0 Å². The second-order valence-electron chi connectivity index (χ2n) is 5.40. The predicted octanol–water partition coefficient (Wildman–Crippen LogP) is 2.86. The number of anilines is 1. The zero-order valence-corrected chi connectivity index (χ0v) is 12.7. The highest BCUT2D eigenvalue weighted by atomic mass is 16.6. The predicted molar refractivity (Wildman–Crippen MR) is 82.8 cm³/mol. The number of nitrogens with zero attached hydrogens (tertiary/aromatic N) is 3. The van der Waals surface area contributed by atoms with Crippen LogP contribution < -0.4 is 5.32 Å². The van der Waals surface area contributed by atoms with E-state index in [0.717, 1.165) is 16.8 Å². The minimum atomic E-state index is -0.591. The summed E-state index contributed by atoms with van der Waals surface area (Å²) in [4.78, 5) is 25.8. The fourth-order valence-electron chi connectivity index (χ4n) is 2.22. The van der Waals surface area contributed by atoms with Gasteiger partial charge in [-0.3, -0.25) is 4.79 Å². The van der Waals surface area contributed by atoms with E-state index < -0.39 is 4.92 Å². The molecule has 0 bridgehead atoms. The van der Waals surface area contributed by atoms with Gasteiger partial charge >= 0.3 is 5.82 Å². The van der Waals surface area contributed by atoms with E-state index in [9.17, 15) is 14.9 Å². The van der Waals surface area contributed by atoms with Crippen LogP contribution in [0.4, 0.5) is 11.5 Å². The molecule has 7 nitrogen and oxygen atoms in total. The van der Waals surface area contributed by atoms with Gasteiger partial charge in [-0.1, -0.05) is 32.0 Å². The van der Waals surface area contributed by atoms with Gasteiger partial charge in [-0.05, 0) is 33.9 Å². The average molecular weight is 302 g/mol. The van der Waals surface area contributed by atoms with Gasteiger partial charge in [-0.2, -0.15) is 0 Å². The Morgan fingerprint density at radius 1 is 1.45 bits per heavy atom. The van der Waals surface area contributed by atoms with Crippen LogP contribution in [0.2, 0.25) is 0 Å². The van der Waals surface area contributed by atoms with E-state index in [1.54, 1.807) is 0 Å². The number of benzene rings is 1. The lowest BCUT2D eigenvalue weighted by Crippen LogP contribution is -2.19. The first-order chi connectivity index (χ1) is 10.4. The molecule has 0 aliphatic heterocycles. The van der Waals surface area contributed by atoms with Crippen LogP contribution in [0.3, 0.4) is 0 Å². The van der Waals surface area contributed by atoms with Crippen molar-refractivity contribution in [3.05, 3.63) is 52.0 Å². The van der Waals surface area contributed by atoms with E-state index in [2.05, 4.69) is 24.1 Å². The summed E-state index contributed by atoms with van der Waals surface area (Å²) in [5.74, 6) is -0.236. The Morgan fingerprint density at radius 2 is 2.18 bits per heavy atom. The molecular weight excluding hydrogens is 284 g/mol. The molecule has 7 heteroatoms. The number of carbonyl (C=O) groups is 1. The summed E-state index contributed by atoms with van der Waals surface area (Å²) >= 11 is 0. The number of nitrogens with one attached hydrogen (secondary N) is 1. The van der Waals surface area contributed by atoms with E-state index in [0.29, 0.717) is 0 Å². The fourth-order valence-corrected chi connectivity index (χ4v) is 2.22. The Balaban J connectivity index is 2.13. The SMILES string of the molecule is Cc1cccc(C(C)C)c1NC(=O)Cn1cnc([N+](=O)[O-])c1. The minimum absolute atomic E-state index is 0.0211. The summed E-state index contributed by atoms with van der Waals surface area (Å²) in [5.41, 5.74) is 2.85. The molecule has 22 heavy (non-hydrogen) atoms. The van der Waals surface area contributed by atoms with Crippen LogP contribution >= 0.6 is 0 Å². The van der Waals surface area contributed by atoms with Gasteiger partial charge in [-0.25, -0.2) is 0 Å². The normalized spacial score (nSPS) is 10.7. The first-order valence-electron chi connectivity index (χ1n) is 6.94. The van der Waals surface area contributed by atoms with Gasteiger partial charge in [0.05, 0.1) is 0 Å². The molecule has 0 atom stereocenters. The van der Waals surface area contributed by atoms with Crippen LogP contribution in [0.1, 0.15) is 30.9 Å². The Hall–Kier alpha value is -2.70. The molecule has 0 fully saturated rings. The summed E-state index contributed by atoms with van der Waals surface area (Å²) in [6.45, 7) is 6.03. The Morgan fingerprint density at radius 3 is 2.77 bits per heavy atom. The summed E-state index contributed by atoms with van der Waals surface area (Å²) in [5, 5.41) is 13.5. The molecule has 1 amide bonds. The second kappa shape index (κ2) is 6.38. The number of rotatable bonds is 5. The molecule has 0 aliphatic rings. The highest BCUT2D eigenvalue weighted by Crippen LogP contribution is 2.27. The lowest BCUT2D eigenvalue weighted by Gasteiger charge is -2.16. The second-order valence-corrected chi connectivity index (χ2v) is 5.40. The van der Waals surface area contributed by atoms with Crippen molar-refractivity contribution >= 4 is 17.4 Å². The van der Waals surface area contributed by atoms with Crippen molar-refractivity contribution in [2.24, 2.45) is 0 Å². The molecule has 0 unspecified atom stereocenters. The Labute approximate surface area is 128 Å². The van der Waals surface area contributed by atoms with Crippen molar-refractivity contribution in [2.45, 2.75) is 33.2 Å². The van der Waals surface area contributed by atoms with Gasteiger partial charge in [0, 0.05) is 5.69 Å². The van der Waals surface area contributed by atoms with E-state index in [1.807, 2.05) is 25.1 Å². The number of imidazole rings is 1. The molecular formula is C15H18N4O3. The molecule has 0 spiro atoms. The van der Waals surface area contributed by atoms with E-state index in [-0.39, 0.29) is 24.2 Å². The number of aryl methyl sites for hydroxylation is 1. The number of amides is 1. The topological polar surface area (TPSA) is 90.1 Å². The lowest BCUT2D eigenvalue weighted by molar-refractivity contribution is -0.389. The van der Waals surface area contributed by atoms with Gasteiger partial charge in [0.1, 0.15) is 12.7 Å². The van der Waals surface area contributed by atoms with Crippen LogP contribution in [0.15, 0.2) is 30.7 Å². The van der Waals surface area contributed by atoms with Gasteiger partial charge in [-0.15, -0.1) is 0 Å². The van der Waals surface area contributed by atoms with Crippen molar-refractivity contribution in [3.63, 3.8) is 0 Å². The number of hydrogen-bond donors (Lipinski definition) is 1. The van der Waals surface area contributed by atoms with Crippen LogP contribution in [-0.4, -0.2) is 20.4 Å². The molecule has 1 heterocycles. The number of nitro groups is 1. The Kier molecular flexibility index (Phi) is 4.55. The highest BCUT2D eigenvalue weighted by Gasteiger charge is 2.15. The largest absolute Gasteiger partial charge is 0.381 e. The summed E-state index contributed by atoms with van der Waals surface area (Å²) in [7, 11) is 0. The van der Waals surface area contributed by atoms with Gasteiger partial charge in [0.2, 0.25) is 12.2 Å². The monoisotopic (exact) mass is 302 g/mol. The van der Waals surface area contributed by atoms with Gasteiger partial charge < -0.3 is 20.0 Å². The maximum atomic E-state index is 12.2. The van der Waals surface area contributed by atoms with Crippen LogP contribution in [0, 0.1) is 17.0 Å². The first-order valence-corrected chi connectivity index (χ1v) is 6.94. The lowest BCUT2D eigenvalue weighted by atomic mass is 9.98. The summed E-state index contributed by atoms with van der Waals surface area (Å²) < 4.78 is 1.39. The van der Waals surface area contributed by atoms with Crippen LogP contribution in [0.5, 0.6) is 0 Å². The molecule has 2 aromatic rings. The standard InChI is InChI=1S/C15H18N4O3/c1-10(2)12-6-4-5-11(3)15(12)17-14(20)8-18-7-13(16-9-18)19(21)22/h4-7,9-10H,8H2,1-3H3,(H,17,20). The zero-order chi connectivity index (χ0) is 16.3. The van der Waals surface area contributed by atoms with Crippen molar-refractivity contribution in [2.75, 3.05) is 5.32 Å². The molecule has 0 saturated heterocycles. The summed E-state index contributed by atoms with van der Waals surface area (Å²) in [6.07, 6.45) is 2.51. The number of para-hydroxylation sites is 1. The van der Waals surface area contributed by atoms with Crippen molar-refractivity contribution in [1.29, 1.82) is 0 Å². The smallest absolute Gasteiger partial charge is 0.358 e. The fraction of sp³-hybridized carbons (Fsp3) is 0.333. The van der Waals surface area contributed by atoms with Gasteiger partial charge in [0.25, 0.3) is 0 Å². The molecule has 116 valence electrons. The zero-order valence-electron chi connectivity index (χ0n) is 12.7.